The zero-order valence-electron chi connectivity index (χ0n) is 15.3. The zero-order chi connectivity index (χ0) is 17.8. The Balaban J connectivity index is 1.59. The second-order valence-corrected chi connectivity index (χ2v) is 6.78. The van der Waals surface area contributed by atoms with Gasteiger partial charge in [0.25, 0.3) is 0 Å². The molecule has 1 aliphatic heterocycles. The van der Waals surface area contributed by atoms with Gasteiger partial charge in [0, 0.05) is 58.6 Å². The Kier molecular flexibility index (Phi) is 5.50. The Morgan fingerprint density at radius 1 is 1.08 bits per heavy atom. The summed E-state index contributed by atoms with van der Waals surface area (Å²) in [5.74, 6) is 1.73. The van der Waals surface area contributed by atoms with Gasteiger partial charge >= 0.3 is 0 Å². The SMILES string of the molecule is Cc1cc(N(C)C)nc(N2CCN(C[C@H](O)c3ccccc3)CC2)n1. The van der Waals surface area contributed by atoms with Gasteiger partial charge < -0.3 is 14.9 Å². The summed E-state index contributed by atoms with van der Waals surface area (Å²) >= 11 is 0. The lowest BCUT2D eigenvalue weighted by atomic mass is 10.1. The molecule has 1 N–H and O–H groups in total. The minimum absolute atomic E-state index is 0.441. The molecule has 1 atom stereocenters. The van der Waals surface area contributed by atoms with Crippen molar-refractivity contribution in [2.45, 2.75) is 13.0 Å². The molecule has 1 aliphatic rings. The smallest absolute Gasteiger partial charge is 0.227 e. The highest BCUT2D eigenvalue weighted by atomic mass is 16.3. The molecule has 1 fully saturated rings. The van der Waals surface area contributed by atoms with Crippen LogP contribution < -0.4 is 9.80 Å². The van der Waals surface area contributed by atoms with E-state index < -0.39 is 6.10 Å². The lowest BCUT2D eigenvalue weighted by molar-refractivity contribution is 0.109. The molecular formula is C19H27N5O. The van der Waals surface area contributed by atoms with E-state index in [4.69, 9.17) is 0 Å². The van der Waals surface area contributed by atoms with Crippen LogP contribution in [-0.4, -0.2) is 66.8 Å². The molecule has 0 unspecified atom stereocenters. The van der Waals surface area contributed by atoms with Crippen LogP contribution in [0, 0.1) is 6.92 Å². The number of β-amino-alcohol motifs (C(OH)–C–C–N with tert-alkyl or cyclic N) is 1. The summed E-state index contributed by atoms with van der Waals surface area (Å²) in [5, 5.41) is 10.4. The minimum Gasteiger partial charge on any atom is -0.387 e. The normalized spacial score (nSPS) is 16.7. The summed E-state index contributed by atoms with van der Waals surface area (Å²) in [4.78, 5) is 15.8. The first-order valence-corrected chi connectivity index (χ1v) is 8.76. The molecule has 0 spiro atoms. The number of piperazine rings is 1. The molecule has 6 heteroatoms. The van der Waals surface area contributed by atoms with Crippen molar-refractivity contribution in [2.75, 3.05) is 56.6 Å². The molecule has 2 heterocycles. The van der Waals surface area contributed by atoms with Gasteiger partial charge in [0.1, 0.15) is 5.82 Å². The van der Waals surface area contributed by atoms with Crippen LogP contribution in [0.2, 0.25) is 0 Å². The largest absolute Gasteiger partial charge is 0.387 e. The van der Waals surface area contributed by atoms with Crippen molar-refractivity contribution in [2.24, 2.45) is 0 Å². The summed E-state index contributed by atoms with van der Waals surface area (Å²) in [7, 11) is 3.99. The van der Waals surface area contributed by atoms with E-state index in [1.807, 2.05) is 62.3 Å². The van der Waals surface area contributed by atoms with Crippen molar-refractivity contribution in [1.29, 1.82) is 0 Å². The van der Waals surface area contributed by atoms with Gasteiger partial charge in [-0.1, -0.05) is 30.3 Å². The van der Waals surface area contributed by atoms with E-state index in [2.05, 4.69) is 19.8 Å². The van der Waals surface area contributed by atoms with Crippen LogP contribution in [0.1, 0.15) is 17.4 Å². The van der Waals surface area contributed by atoms with Crippen molar-refractivity contribution in [1.82, 2.24) is 14.9 Å². The molecule has 3 rings (SSSR count). The third-order valence-corrected chi connectivity index (χ3v) is 4.56. The average molecular weight is 341 g/mol. The molecule has 2 aromatic rings. The van der Waals surface area contributed by atoms with Gasteiger partial charge in [0.15, 0.2) is 0 Å². The highest BCUT2D eigenvalue weighted by Crippen LogP contribution is 2.19. The first kappa shape index (κ1) is 17.6. The van der Waals surface area contributed by atoms with E-state index in [1.165, 1.54) is 0 Å². The Morgan fingerprint density at radius 3 is 2.40 bits per heavy atom. The number of anilines is 2. The maximum absolute atomic E-state index is 10.4. The lowest BCUT2D eigenvalue weighted by Crippen LogP contribution is -2.48. The number of hydrogen-bond acceptors (Lipinski definition) is 6. The number of aryl methyl sites for hydroxylation is 1. The van der Waals surface area contributed by atoms with Gasteiger partial charge in [-0.25, -0.2) is 4.98 Å². The van der Waals surface area contributed by atoms with E-state index in [1.54, 1.807) is 0 Å². The number of hydrogen-bond donors (Lipinski definition) is 1. The highest BCUT2D eigenvalue weighted by molar-refractivity contribution is 5.45. The van der Waals surface area contributed by atoms with E-state index in [0.29, 0.717) is 6.54 Å². The monoisotopic (exact) mass is 341 g/mol. The van der Waals surface area contributed by atoms with Crippen molar-refractivity contribution in [3.63, 3.8) is 0 Å². The predicted octanol–water partition coefficient (Wildman–Crippen LogP) is 1.71. The lowest BCUT2D eigenvalue weighted by Gasteiger charge is -2.36. The fourth-order valence-electron chi connectivity index (χ4n) is 3.06. The van der Waals surface area contributed by atoms with E-state index >= 15 is 0 Å². The molecule has 0 radical (unpaired) electrons. The molecule has 25 heavy (non-hydrogen) atoms. The summed E-state index contributed by atoms with van der Waals surface area (Å²) in [6.07, 6.45) is -0.441. The van der Waals surface area contributed by atoms with Crippen LogP contribution in [0.25, 0.3) is 0 Å². The third kappa shape index (κ3) is 4.46. The number of aliphatic hydroxyl groups excluding tert-OH is 1. The Morgan fingerprint density at radius 2 is 1.76 bits per heavy atom. The first-order chi connectivity index (χ1) is 12.0. The Bertz CT molecular complexity index is 683. The van der Waals surface area contributed by atoms with Crippen LogP contribution in [0.3, 0.4) is 0 Å². The zero-order valence-corrected chi connectivity index (χ0v) is 15.3. The van der Waals surface area contributed by atoms with Crippen LogP contribution in [-0.2, 0) is 0 Å². The standard InChI is InChI=1S/C19H27N5O/c1-15-13-18(22(2)3)21-19(20-15)24-11-9-23(10-12-24)14-17(25)16-7-5-4-6-8-16/h4-8,13,17,25H,9-12,14H2,1-3H3/t17-/m0/s1. The van der Waals surface area contributed by atoms with E-state index in [-0.39, 0.29) is 0 Å². The number of aromatic nitrogens is 2. The molecular weight excluding hydrogens is 314 g/mol. The summed E-state index contributed by atoms with van der Waals surface area (Å²) in [6, 6.07) is 11.9. The maximum atomic E-state index is 10.4. The summed E-state index contributed by atoms with van der Waals surface area (Å²) in [6.45, 7) is 6.22. The third-order valence-electron chi connectivity index (χ3n) is 4.56. The molecule has 0 amide bonds. The average Bonchev–Trinajstić information content (AvgIpc) is 2.62. The fraction of sp³-hybridized carbons (Fsp3) is 0.474. The Labute approximate surface area is 149 Å². The van der Waals surface area contributed by atoms with Crippen LogP contribution in [0.15, 0.2) is 36.4 Å². The van der Waals surface area contributed by atoms with Crippen molar-refractivity contribution < 1.29 is 5.11 Å². The topological polar surface area (TPSA) is 55.7 Å². The molecule has 1 aromatic carbocycles. The second-order valence-electron chi connectivity index (χ2n) is 6.78. The summed E-state index contributed by atoms with van der Waals surface area (Å²) < 4.78 is 0. The van der Waals surface area contributed by atoms with Crippen molar-refractivity contribution >= 4 is 11.8 Å². The fourth-order valence-corrected chi connectivity index (χ4v) is 3.06. The van der Waals surface area contributed by atoms with Gasteiger partial charge in [-0.15, -0.1) is 0 Å². The van der Waals surface area contributed by atoms with E-state index in [9.17, 15) is 5.11 Å². The first-order valence-electron chi connectivity index (χ1n) is 8.76. The highest BCUT2D eigenvalue weighted by Gasteiger charge is 2.22. The van der Waals surface area contributed by atoms with Crippen LogP contribution in [0.5, 0.6) is 0 Å². The van der Waals surface area contributed by atoms with Gasteiger partial charge in [-0.2, -0.15) is 4.98 Å². The predicted molar refractivity (Wildman–Crippen MR) is 101 cm³/mol. The van der Waals surface area contributed by atoms with Crippen LogP contribution >= 0.6 is 0 Å². The summed E-state index contributed by atoms with van der Waals surface area (Å²) in [5.41, 5.74) is 1.96. The van der Waals surface area contributed by atoms with Gasteiger partial charge in [0.05, 0.1) is 6.10 Å². The maximum Gasteiger partial charge on any atom is 0.227 e. The number of nitrogens with zero attached hydrogens (tertiary/aromatic N) is 5. The molecule has 6 nitrogen and oxygen atoms in total. The number of benzene rings is 1. The molecule has 1 saturated heterocycles. The number of aliphatic hydroxyl groups is 1. The minimum atomic E-state index is -0.441. The molecule has 0 bridgehead atoms. The van der Waals surface area contributed by atoms with Gasteiger partial charge in [-0.05, 0) is 12.5 Å². The van der Waals surface area contributed by atoms with Crippen molar-refractivity contribution in [3.05, 3.63) is 47.7 Å². The van der Waals surface area contributed by atoms with Gasteiger partial charge in [0.2, 0.25) is 5.95 Å². The van der Waals surface area contributed by atoms with Crippen LogP contribution in [0.4, 0.5) is 11.8 Å². The molecule has 134 valence electrons. The Hall–Kier alpha value is -2.18. The van der Waals surface area contributed by atoms with Crippen molar-refractivity contribution in [3.8, 4) is 0 Å². The molecule has 0 aliphatic carbocycles. The van der Waals surface area contributed by atoms with E-state index in [0.717, 1.165) is 49.2 Å². The molecule has 0 saturated carbocycles. The second kappa shape index (κ2) is 7.80. The number of rotatable bonds is 5. The van der Waals surface area contributed by atoms with Gasteiger partial charge in [-0.3, -0.25) is 4.90 Å². The quantitative estimate of drug-likeness (QED) is 0.893. The molecule has 1 aromatic heterocycles.